The van der Waals surface area contributed by atoms with Gasteiger partial charge in [0.2, 0.25) is 5.02 Å². The Balaban J connectivity index is 2.48. The van der Waals surface area contributed by atoms with Gasteiger partial charge in [0.15, 0.2) is 0 Å². The van der Waals surface area contributed by atoms with Gasteiger partial charge in [0.05, 0.1) is 0 Å². The molecule has 1 aromatic carbocycles. The zero-order valence-corrected chi connectivity index (χ0v) is 12.0. The number of rotatable bonds is 3. The molecule has 0 aliphatic carbocycles. The van der Waals surface area contributed by atoms with Crippen molar-refractivity contribution >= 4 is 21.0 Å². The molecular formula is C10H14N2O6P2. The zero-order chi connectivity index (χ0) is 15.0. The third-order valence-electron chi connectivity index (χ3n) is 3.06. The fourth-order valence-corrected chi connectivity index (χ4v) is 4.62. The Morgan fingerprint density at radius 3 is 2.10 bits per heavy atom. The maximum atomic E-state index is 11.6. The molecule has 0 bridgehead atoms. The van der Waals surface area contributed by atoms with Crippen LogP contribution in [-0.4, -0.2) is 37.0 Å². The van der Waals surface area contributed by atoms with Crippen molar-refractivity contribution < 1.29 is 28.7 Å². The molecule has 10 heteroatoms. The normalized spacial score (nSPS) is 19.1. The maximum Gasteiger partial charge on any atom is 0.363 e. The van der Waals surface area contributed by atoms with Crippen molar-refractivity contribution in [2.24, 2.45) is 4.99 Å². The monoisotopic (exact) mass is 320 g/mol. The minimum atomic E-state index is -5.11. The van der Waals surface area contributed by atoms with Crippen molar-refractivity contribution in [2.45, 2.75) is 11.4 Å². The molecule has 1 aromatic rings. The molecular weight excluding hydrogens is 306 g/mol. The summed E-state index contributed by atoms with van der Waals surface area (Å²) >= 11 is 0. The summed E-state index contributed by atoms with van der Waals surface area (Å²) in [6, 6.07) is 8.37. The van der Waals surface area contributed by atoms with Gasteiger partial charge in [-0.1, -0.05) is 30.3 Å². The summed E-state index contributed by atoms with van der Waals surface area (Å²) in [5, 5.41) is -0.331. The van der Waals surface area contributed by atoms with E-state index in [1.165, 1.54) is 0 Å². The molecule has 0 fully saturated rings. The first-order valence-electron chi connectivity index (χ1n) is 5.67. The maximum absolute atomic E-state index is 11.6. The van der Waals surface area contributed by atoms with Gasteiger partial charge in [-0.25, -0.2) is 0 Å². The van der Waals surface area contributed by atoms with E-state index in [4.69, 9.17) is 0 Å². The van der Waals surface area contributed by atoms with E-state index in [9.17, 15) is 28.7 Å². The molecule has 1 aliphatic rings. The van der Waals surface area contributed by atoms with Crippen LogP contribution in [0.5, 0.6) is 0 Å². The van der Waals surface area contributed by atoms with Gasteiger partial charge in [0.1, 0.15) is 5.84 Å². The van der Waals surface area contributed by atoms with Crippen LogP contribution in [0.15, 0.2) is 35.3 Å². The van der Waals surface area contributed by atoms with Gasteiger partial charge in [-0.05, 0) is 0 Å². The van der Waals surface area contributed by atoms with Gasteiger partial charge in [-0.3, -0.25) is 14.1 Å². The van der Waals surface area contributed by atoms with Crippen molar-refractivity contribution in [3.63, 3.8) is 0 Å². The zero-order valence-electron chi connectivity index (χ0n) is 10.2. The van der Waals surface area contributed by atoms with E-state index in [1.54, 1.807) is 30.3 Å². The van der Waals surface area contributed by atoms with Gasteiger partial charge in [-0.2, -0.15) is 0 Å². The van der Waals surface area contributed by atoms with E-state index >= 15 is 0 Å². The topological polar surface area (TPSA) is 139 Å². The van der Waals surface area contributed by atoms with Gasteiger partial charge in [0, 0.05) is 18.5 Å². The number of hydrogen-bond acceptors (Lipinski definition) is 4. The lowest BCUT2D eigenvalue weighted by molar-refractivity contribution is 0.291. The molecule has 0 saturated heterocycles. The van der Waals surface area contributed by atoms with Crippen molar-refractivity contribution in [3.8, 4) is 0 Å². The molecule has 0 amide bonds. The average molecular weight is 320 g/mol. The number of nitrogens with zero attached hydrogens (tertiary/aromatic N) is 1. The molecule has 8 nitrogen and oxygen atoms in total. The number of nitrogens with one attached hydrogen (secondary N) is 1. The Kier molecular flexibility index (Phi) is 3.90. The van der Waals surface area contributed by atoms with E-state index < -0.39 is 26.6 Å². The standard InChI is InChI=1S/C10H14N2O6P2/c13-19(14,15)10(20(16,17)18)6-7-11-9(12-10)8-4-2-1-3-5-8/h1-5H,6-7H2,(H,11,12)(H2,13,14,15)(H2,16,17,18). The van der Waals surface area contributed by atoms with Gasteiger partial charge in [-0.15, -0.1) is 0 Å². The first-order valence-corrected chi connectivity index (χ1v) is 8.89. The molecule has 110 valence electrons. The van der Waals surface area contributed by atoms with Gasteiger partial charge >= 0.3 is 15.2 Å². The lowest BCUT2D eigenvalue weighted by Crippen LogP contribution is -2.51. The van der Waals surface area contributed by atoms with Crippen LogP contribution in [-0.2, 0) is 9.13 Å². The lowest BCUT2D eigenvalue weighted by atomic mass is 10.2. The van der Waals surface area contributed by atoms with Crippen LogP contribution >= 0.6 is 15.2 Å². The first kappa shape index (κ1) is 15.4. The molecule has 0 radical (unpaired) electrons. The molecule has 0 aromatic heterocycles. The number of hydrogen-bond donors (Lipinski definition) is 5. The summed E-state index contributed by atoms with van der Waals surface area (Å²) in [6.07, 6.45) is -0.447. The quantitative estimate of drug-likeness (QED) is 0.509. The van der Waals surface area contributed by atoms with Crippen LogP contribution < -0.4 is 5.32 Å². The highest BCUT2D eigenvalue weighted by molar-refractivity contribution is 7.72. The van der Waals surface area contributed by atoms with Gasteiger partial charge < -0.3 is 24.9 Å². The fourth-order valence-electron chi connectivity index (χ4n) is 1.98. The smallest absolute Gasteiger partial charge is 0.344 e. The summed E-state index contributed by atoms with van der Waals surface area (Å²) in [7, 11) is -10.2. The third kappa shape index (κ3) is 2.59. The third-order valence-corrected chi connectivity index (χ3v) is 7.22. The van der Waals surface area contributed by atoms with E-state index in [0.29, 0.717) is 5.56 Å². The lowest BCUT2D eigenvalue weighted by Gasteiger charge is -2.38. The molecule has 0 saturated carbocycles. The van der Waals surface area contributed by atoms with E-state index in [2.05, 4.69) is 10.3 Å². The van der Waals surface area contributed by atoms with Crippen molar-refractivity contribution in [1.29, 1.82) is 0 Å². The highest BCUT2D eigenvalue weighted by Gasteiger charge is 2.61. The molecule has 20 heavy (non-hydrogen) atoms. The second kappa shape index (κ2) is 5.07. The Hall–Kier alpha value is -1.01. The van der Waals surface area contributed by atoms with E-state index in [1.807, 2.05) is 0 Å². The van der Waals surface area contributed by atoms with Crippen LogP contribution in [0.25, 0.3) is 0 Å². The fraction of sp³-hybridized carbons (Fsp3) is 0.300. The molecule has 5 N–H and O–H groups in total. The number of aliphatic imine (C=N–C) groups is 1. The second-order valence-corrected chi connectivity index (χ2v) is 8.43. The van der Waals surface area contributed by atoms with Crippen LogP contribution in [0, 0.1) is 0 Å². The molecule has 0 spiro atoms. The number of amidine groups is 1. The summed E-state index contributed by atoms with van der Waals surface area (Å²) < 4.78 is 23.2. The molecule has 2 rings (SSSR count). The second-order valence-electron chi connectivity index (χ2n) is 4.38. The number of benzene rings is 1. The van der Waals surface area contributed by atoms with Crippen LogP contribution in [0.1, 0.15) is 12.0 Å². The van der Waals surface area contributed by atoms with Gasteiger partial charge in [0.25, 0.3) is 0 Å². The van der Waals surface area contributed by atoms with E-state index in [-0.39, 0.29) is 12.4 Å². The van der Waals surface area contributed by atoms with Crippen molar-refractivity contribution in [2.75, 3.05) is 6.54 Å². The minimum Gasteiger partial charge on any atom is -0.344 e. The van der Waals surface area contributed by atoms with Crippen LogP contribution in [0.3, 0.4) is 0 Å². The SMILES string of the molecule is O=P(O)(O)C1(P(=O)(O)O)CCN=C(c2ccccc2)N1. The van der Waals surface area contributed by atoms with Crippen LogP contribution in [0.4, 0.5) is 0 Å². The Bertz CT molecular complexity index is 598. The predicted octanol–water partition coefficient (Wildman–Crippen LogP) is 0.436. The summed E-state index contributed by atoms with van der Waals surface area (Å²) in [5.41, 5.74) is 0.499. The molecule has 1 aliphatic heterocycles. The highest BCUT2D eigenvalue weighted by atomic mass is 31.2. The molecule has 0 atom stereocenters. The van der Waals surface area contributed by atoms with Crippen LogP contribution in [0.2, 0.25) is 0 Å². The van der Waals surface area contributed by atoms with Crippen molar-refractivity contribution in [3.05, 3.63) is 35.9 Å². The van der Waals surface area contributed by atoms with Crippen molar-refractivity contribution in [1.82, 2.24) is 5.32 Å². The Morgan fingerprint density at radius 2 is 1.60 bits per heavy atom. The summed E-state index contributed by atoms with van der Waals surface area (Å²) in [5.74, 6) is 0.0588. The molecule has 0 unspecified atom stereocenters. The first-order chi connectivity index (χ1) is 9.17. The summed E-state index contributed by atoms with van der Waals surface area (Å²) in [6.45, 7) is -0.0898. The molecule has 1 heterocycles. The highest BCUT2D eigenvalue weighted by Crippen LogP contribution is 2.69. The predicted molar refractivity (Wildman–Crippen MR) is 72.4 cm³/mol. The minimum absolute atomic E-state index is 0.0588. The van der Waals surface area contributed by atoms with E-state index in [0.717, 1.165) is 0 Å². The average Bonchev–Trinajstić information content (AvgIpc) is 2.37. The Morgan fingerprint density at radius 1 is 1.05 bits per heavy atom. The summed E-state index contributed by atoms with van der Waals surface area (Å²) in [4.78, 5) is 41.6. The Labute approximate surface area is 114 Å². The largest absolute Gasteiger partial charge is 0.363 e.